The van der Waals surface area contributed by atoms with E-state index in [2.05, 4.69) is 25.9 Å². The molecule has 80 valence electrons. The molecule has 5 nitrogen and oxygen atoms in total. The van der Waals surface area contributed by atoms with Gasteiger partial charge in [0, 0.05) is 24.3 Å². The van der Waals surface area contributed by atoms with Gasteiger partial charge in [0.15, 0.2) is 20.5 Å². The van der Waals surface area contributed by atoms with Gasteiger partial charge < -0.3 is 0 Å². The van der Waals surface area contributed by atoms with Gasteiger partial charge in [-0.05, 0) is 22.9 Å². The Morgan fingerprint density at radius 2 is 2.13 bits per heavy atom. The van der Waals surface area contributed by atoms with Crippen molar-refractivity contribution in [2.45, 2.75) is 11.9 Å². The van der Waals surface area contributed by atoms with E-state index in [-0.39, 0.29) is 5.03 Å². The first-order valence-corrected chi connectivity index (χ1v) is 6.78. The molecule has 0 aromatic carbocycles. The summed E-state index contributed by atoms with van der Waals surface area (Å²) in [6, 6.07) is 0. The predicted octanol–water partition coefficient (Wildman–Crippen LogP) is 1.20. The number of rotatable bonds is 1. The summed E-state index contributed by atoms with van der Waals surface area (Å²) in [5.74, 6) is 0. The third-order valence-corrected chi connectivity index (χ3v) is 3.33. The fraction of sp³-hybridized carbons (Fsp3) is 0.250. The van der Waals surface area contributed by atoms with Crippen LogP contribution in [0.2, 0.25) is 0 Å². The van der Waals surface area contributed by atoms with E-state index in [4.69, 9.17) is 0 Å². The van der Waals surface area contributed by atoms with E-state index in [1.165, 1.54) is 0 Å². The Morgan fingerprint density at radius 3 is 2.73 bits per heavy atom. The smallest absolute Gasteiger partial charge is 0.199 e. The Balaban J connectivity index is 2.97. The number of imidazole rings is 1. The summed E-state index contributed by atoms with van der Waals surface area (Å²) in [5, 5.41) is -0.00928. The molecule has 0 aliphatic rings. The van der Waals surface area contributed by atoms with Crippen LogP contribution in [0.4, 0.5) is 0 Å². The number of hydrogen-bond acceptors (Lipinski definition) is 4. The van der Waals surface area contributed by atoms with Gasteiger partial charge in [-0.3, -0.25) is 4.40 Å². The molecule has 0 unspecified atom stereocenters. The Morgan fingerprint density at radius 1 is 1.47 bits per heavy atom. The van der Waals surface area contributed by atoms with Crippen molar-refractivity contribution in [3.8, 4) is 0 Å². The maximum absolute atomic E-state index is 11.5. The van der Waals surface area contributed by atoms with Crippen molar-refractivity contribution >= 4 is 31.4 Å². The summed E-state index contributed by atoms with van der Waals surface area (Å²) >= 11 is 3.17. The molecule has 0 aliphatic carbocycles. The minimum atomic E-state index is -3.36. The second-order valence-electron chi connectivity index (χ2n) is 3.23. The van der Waals surface area contributed by atoms with Crippen molar-refractivity contribution in [3.05, 3.63) is 22.7 Å². The van der Waals surface area contributed by atoms with Crippen LogP contribution < -0.4 is 0 Å². The zero-order chi connectivity index (χ0) is 11.2. The van der Waals surface area contributed by atoms with Gasteiger partial charge in [0.2, 0.25) is 0 Å². The molecule has 15 heavy (non-hydrogen) atoms. The molecule has 0 saturated heterocycles. The van der Waals surface area contributed by atoms with Crippen molar-refractivity contribution in [3.63, 3.8) is 0 Å². The molecule has 0 bridgehead atoms. The molecule has 0 atom stereocenters. The molecule has 2 heterocycles. The van der Waals surface area contributed by atoms with Crippen LogP contribution in [0.3, 0.4) is 0 Å². The summed E-state index contributed by atoms with van der Waals surface area (Å²) in [4.78, 5) is 7.96. The van der Waals surface area contributed by atoms with Crippen molar-refractivity contribution in [1.82, 2.24) is 14.4 Å². The maximum Gasteiger partial charge on any atom is 0.199 e. The van der Waals surface area contributed by atoms with Crippen molar-refractivity contribution in [1.29, 1.82) is 0 Å². The molecule has 2 aromatic rings. The summed E-state index contributed by atoms with van der Waals surface area (Å²) in [7, 11) is -3.36. The molecule has 2 rings (SSSR count). The summed E-state index contributed by atoms with van der Waals surface area (Å²) in [5.41, 5.74) is 1.22. The molecule has 0 saturated carbocycles. The third kappa shape index (κ3) is 1.76. The minimum Gasteiger partial charge on any atom is -0.299 e. The topological polar surface area (TPSA) is 64.3 Å². The number of sulfone groups is 1. The first kappa shape index (κ1) is 10.6. The van der Waals surface area contributed by atoms with E-state index in [9.17, 15) is 8.42 Å². The van der Waals surface area contributed by atoms with Crippen LogP contribution in [0.5, 0.6) is 0 Å². The molecule has 7 heteroatoms. The number of fused-ring (bicyclic) bond motifs is 1. The highest BCUT2D eigenvalue weighted by molar-refractivity contribution is 9.10. The molecule has 0 amide bonds. The summed E-state index contributed by atoms with van der Waals surface area (Å²) in [6.07, 6.45) is 4.41. The van der Waals surface area contributed by atoms with Gasteiger partial charge in [-0.2, -0.15) is 0 Å². The highest BCUT2D eigenvalue weighted by atomic mass is 79.9. The van der Waals surface area contributed by atoms with E-state index in [1.54, 1.807) is 16.8 Å². The average molecular weight is 290 g/mol. The molecular formula is C8H8BrN3O2S. The van der Waals surface area contributed by atoms with Crippen molar-refractivity contribution < 1.29 is 8.42 Å². The second-order valence-corrected chi connectivity index (χ2v) is 5.98. The second kappa shape index (κ2) is 3.28. The van der Waals surface area contributed by atoms with Crippen LogP contribution in [0.15, 0.2) is 22.0 Å². The summed E-state index contributed by atoms with van der Waals surface area (Å²) in [6.45, 7) is 1.85. The quantitative estimate of drug-likeness (QED) is 0.791. The minimum absolute atomic E-state index is 0.00928. The van der Waals surface area contributed by atoms with Crippen LogP contribution in [0.1, 0.15) is 5.69 Å². The third-order valence-electron chi connectivity index (χ3n) is 1.97. The highest BCUT2D eigenvalue weighted by Crippen LogP contribution is 2.18. The molecule has 0 fully saturated rings. The first-order valence-electron chi connectivity index (χ1n) is 4.10. The molecule has 0 radical (unpaired) electrons. The Hall–Kier alpha value is -0.950. The zero-order valence-corrected chi connectivity index (χ0v) is 10.5. The standard InChI is InChI=1S/C8H8BrN3O2S/c1-5-3-10-7-8(15(2,13)14)11-6(9)4-12(5)7/h3-4H,1-2H3. The Labute approximate surface area is 95.2 Å². The van der Waals surface area contributed by atoms with E-state index in [0.717, 1.165) is 11.9 Å². The number of aryl methyl sites for hydroxylation is 1. The van der Waals surface area contributed by atoms with Gasteiger partial charge >= 0.3 is 0 Å². The van der Waals surface area contributed by atoms with Crippen LogP contribution >= 0.6 is 15.9 Å². The lowest BCUT2D eigenvalue weighted by atomic mass is 10.5. The molecule has 0 spiro atoms. The lowest BCUT2D eigenvalue weighted by molar-refractivity contribution is 0.598. The van der Waals surface area contributed by atoms with Crippen LogP contribution in [0, 0.1) is 6.92 Å². The lowest BCUT2D eigenvalue weighted by Gasteiger charge is -2.02. The van der Waals surface area contributed by atoms with Crippen molar-refractivity contribution in [2.24, 2.45) is 0 Å². The van der Waals surface area contributed by atoms with Gasteiger partial charge in [-0.25, -0.2) is 18.4 Å². The Bertz CT molecular complexity index is 633. The van der Waals surface area contributed by atoms with Gasteiger partial charge in [0.1, 0.15) is 4.60 Å². The van der Waals surface area contributed by atoms with Gasteiger partial charge in [-0.1, -0.05) is 0 Å². The maximum atomic E-state index is 11.5. The van der Waals surface area contributed by atoms with Gasteiger partial charge in [0.25, 0.3) is 0 Å². The monoisotopic (exact) mass is 289 g/mol. The van der Waals surface area contributed by atoms with Crippen LogP contribution in [-0.4, -0.2) is 29.0 Å². The molecular weight excluding hydrogens is 282 g/mol. The SMILES string of the molecule is Cc1cnc2c(S(C)(=O)=O)nc(Br)cn12. The number of halogens is 1. The number of hydrogen-bond donors (Lipinski definition) is 0. The van der Waals surface area contributed by atoms with Crippen LogP contribution in [-0.2, 0) is 9.84 Å². The highest BCUT2D eigenvalue weighted by Gasteiger charge is 2.17. The summed E-state index contributed by atoms with van der Waals surface area (Å²) < 4.78 is 25.1. The predicted molar refractivity (Wildman–Crippen MR) is 58.5 cm³/mol. The molecule has 0 aliphatic heterocycles. The number of aromatic nitrogens is 3. The normalized spacial score (nSPS) is 12.2. The zero-order valence-electron chi connectivity index (χ0n) is 8.10. The largest absolute Gasteiger partial charge is 0.299 e. The fourth-order valence-electron chi connectivity index (χ4n) is 1.30. The van der Waals surface area contributed by atoms with E-state index in [1.807, 2.05) is 6.92 Å². The van der Waals surface area contributed by atoms with Crippen molar-refractivity contribution in [2.75, 3.05) is 6.26 Å². The van der Waals surface area contributed by atoms with E-state index < -0.39 is 9.84 Å². The molecule has 2 aromatic heterocycles. The average Bonchev–Trinajstić information content (AvgIpc) is 2.45. The fourth-order valence-corrected chi connectivity index (χ4v) is 2.54. The lowest BCUT2D eigenvalue weighted by Crippen LogP contribution is -2.05. The Kier molecular flexibility index (Phi) is 2.31. The van der Waals surface area contributed by atoms with E-state index in [0.29, 0.717) is 10.3 Å². The van der Waals surface area contributed by atoms with E-state index >= 15 is 0 Å². The van der Waals surface area contributed by atoms with Gasteiger partial charge in [0.05, 0.1) is 0 Å². The van der Waals surface area contributed by atoms with Gasteiger partial charge in [-0.15, -0.1) is 0 Å². The molecule has 0 N–H and O–H groups in total. The van der Waals surface area contributed by atoms with Crippen LogP contribution in [0.25, 0.3) is 5.65 Å². The first-order chi connectivity index (χ1) is 6.89. The number of nitrogens with zero attached hydrogens (tertiary/aromatic N) is 3.